The summed E-state index contributed by atoms with van der Waals surface area (Å²) in [5.41, 5.74) is 2.60. The number of fused-ring (bicyclic) bond motifs is 1. The fourth-order valence-electron chi connectivity index (χ4n) is 2.66. The smallest absolute Gasteiger partial charge is 0.233 e. The monoisotopic (exact) mass is 417 g/mol. The SMILES string of the molecule is CCN(CC)C(=O)CSc1nnc(SCc2cn3ccccc3c2C#N)s1. The molecule has 0 radical (unpaired) electrons. The lowest BCUT2D eigenvalue weighted by atomic mass is 10.2. The number of hydrogen-bond acceptors (Lipinski definition) is 7. The number of carbonyl (C=O) groups excluding carboxylic acids is 1. The Kier molecular flexibility index (Phi) is 6.77. The summed E-state index contributed by atoms with van der Waals surface area (Å²) in [4.78, 5) is 13.9. The standard InChI is InChI=1S/C18H19N5OS3/c1-3-22(4-2)16(24)12-26-18-21-20-17(27-18)25-11-13-10-23-8-6-5-7-15(23)14(13)9-19/h5-8,10H,3-4,11-12H2,1-2H3. The first-order chi connectivity index (χ1) is 13.2. The Morgan fingerprint density at radius 2 is 2.00 bits per heavy atom. The van der Waals surface area contributed by atoms with Crippen LogP contribution in [0.15, 0.2) is 39.3 Å². The molecule has 0 saturated heterocycles. The highest BCUT2D eigenvalue weighted by Crippen LogP contribution is 2.32. The molecule has 0 unspecified atom stereocenters. The minimum atomic E-state index is 0.119. The number of nitriles is 1. The van der Waals surface area contributed by atoms with Crippen molar-refractivity contribution in [3.05, 3.63) is 41.7 Å². The van der Waals surface area contributed by atoms with Gasteiger partial charge in [-0.05, 0) is 31.5 Å². The Morgan fingerprint density at radius 1 is 1.26 bits per heavy atom. The number of nitrogens with zero attached hydrogens (tertiary/aromatic N) is 5. The molecule has 0 aliphatic rings. The van der Waals surface area contributed by atoms with Crippen molar-refractivity contribution in [1.82, 2.24) is 19.5 Å². The summed E-state index contributed by atoms with van der Waals surface area (Å²) in [6, 6.07) is 8.12. The number of rotatable bonds is 8. The van der Waals surface area contributed by atoms with Crippen molar-refractivity contribution in [3.8, 4) is 6.07 Å². The van der Waals surface area contributed by atoms with Crippen LogP contribution in [-0.2, 0) is 10.5 Å². The summed E-state index contributed by atoms with van der Waals surface area (Å²) in [6.45, 7) is 5.40. The minimum absolute atomic E-state index is 0.119. The Labute approximate surface area is 170 Å². The van der Waals surface area contributed by atoms with E-state index in [9.17, 15) is 10.1 Å². The second-order valence-corrected chi connectivity index (χ2v) is 9.03. The molecule has 0 atom stereocenters. The van der Waals surface area contributed by atoms with Gasteiger partial charge in [0.2, 0.25) is 5.91 Å². The van der Waals surface area contributed by atoms with Crippen LogP contribution in [0.4, 0.5) is 0 Å². The lowest BCUT2D eigenvalue weighted by Crippen LogP contribution is -2.31. The van der Waals surface area contributed by atoms with Crippen LogP contribution in [0, 0.1) is 11.3 Å². The quantitative estimate of drug-likeness (QED) is 0.517. The molecule has 1 amide bonds. The zero-order chi connectivity index (χ0) is 19.2. The van der Waals surface area contributed by atoms with Gasteiger partial charge >= 0.3 is 0 Å². The molecule has 0 fully saturated rings. The van der Waals surface area contributed by atoms with Crippen LogP contribution in [-0.4, -0.2) is 44.2 Å². The molecular weight excluding hydrogens is 398 g/mol. The number of hydrogen-bond donors (Lipinski definition) is 0. The molecule has 0 aliphatic heterocycles. The van der Waals surface area contributed by atoms with Crippen LogP contribution in [0.25, 0.3) is 5.52 Å². The molecular formula is C18H19N5OS3. The highest BCUT2D eigenvalue weighted by molar-refractivity contribution is 8.03. The van der Waals surface area contributed by atoms with E-state index in [4.69, 9.17) is 0 Å². The van der Waals surface area contributed by atoms with E-state index in [-0.39, 0.29) is 5.91 Å². The van der Waals surface area contributed by atoms with Gasteiger partial charge in [-0.15, -0.1) is 10.2 Å². The van der Waals surface area contributed by atoms with E-state index in [0.717, 1.165) is 32.8 Å². The first kappa shape index (κ1) is 19.7. The van der Waals surface area contributed by atoms with Gasteiger partial charge in [0.15, 0.2) is 8.68 Å². The fourth-order valence-corrected chi connectivity index (χ4v) is 5.55. The third kappa shape index (κ3) is 4.64. The Morgan fingerprint density at radius 3 is 2.70 bits per heavy atom. The number of amides is 1. The van der Waals surface area contributed by atoms with Crippen molar-refractivity contribution in [3.63, 3.8) is 0 Å². The lowest BCUT2D eigenvalue weighted by molar-refractivity contribution is -0.127. The predicted octanol–water partition coefficient (Wildman–Crippen LogP) is 3.92. The van der Waals surface area contributed by atoms with Crippen LogP contribution in [0.3, 0.4) is 0 Å². The van der Waals surface area contributed by atoms with E-state index in [1.807, 2.05) is 53.7 Å². The fraction of sp³-hybridized carbons (Fsp3) is 0.333. The van der Waals surface area contributed by atoms with Crippen LogP contribution in [0.5, 0.6) is 0 Å². The summed E-state index contributed by atoms with van der Waals surface area (Å²) in [5.74, 6) is 1.15. The van der Waals surface area contributed by atoms with Gasteiger partial charge in [-0.3, -0.25) is 4.79 Å². The van der Waals surface area contributed by atoms with E-state index in [2.05, 4.69) is 16.3 Å². The van der Waals surface area contributed by atoms with Crippen molar-refractivity contribution < 1.29 is 4.79 Å². The van der Waals surface area contributed by atoms with Gasteiger partial charge in [-0.1, -0.05) is 40.9 Å². The topological polar surface area (TPSA) is 74.3 Å². The summed E-state index contributed by atoms with van der Waals surface area (Å²) in [6.07, 6.45) is 3.93. The maximum atomic E-state index is 12.1. The van der Waals surface area contributed by atoms with Gasteiger partial charge in [-0.25, -0.2) is 0 Å². The van der Waals surface area contributed by atoms with Crippen molar-refractivity contribution in [2.75, 3.05) is 18.8 Å². The molecule has 0 bridgehead atoms. The number of aromatic nitrogens is 3. The molecule has 3 aromatic heterocycles. The largest absolute Gasteiger partial charge is 0.343 e. The molecule has 0 spiro atoms. The van der Waals surface area contributed by atoms with Crippen molar-refractivity contribution in [2.24, 2.45) is 0 Å². The van der Waals surface area contributed by atoms with Crippen LogP contribution in [0.2, 0.25) is 0 Å². The Balaban J connectivity index is 1.60. The van der Waals surface area contributed by atoms with E-state index in [0.29, 0.717) is 17.1 Å². The molecule has 3 rings (SSSR count). The van der Waals surface area contributed by atoms with E-state index >= 15 is 0 Å². The average Bonchev–Trinajstić information content (AvgIpc) is 3.29. The number of pyridine rings is 1. The molecule has 3 heterocycles. The van der Waals surface area contributed by atoms with Gasteiger partial charge < -0.3 is 9.30 Å². The molecule has 0 saturated carbocycles. The van der Waals surface area contributed by atoms with Crippen LogP contribution < -0.4 is 0 Å². The van der Waals surface area contributed by atoms with Crippen LogP contribution >= 0.6 is 34.9 Å². The number of thioether (sulfide) groups is 2. The molecule has 9 heteroatoms. The van der Waals surface area contributed by atoms with E-state index in [1.165, 1.54) is 23.1 Å². The lowest BCUT2D eigenvalue weighted by Gasteiger charge is -2.17. The number of carbonyl (C=O) groups is 1. The third-order valence-electron chi connectivity index (χ3n) is 4.05. The van der Waals surface area contributed by atoms with Gasteiger partial charge in [0.1, 0.15) is 6.07 Å². The summed E-state index contributed by atoms with van der Waals surface area (Å²) < 4.78 is 3.60. The van der Waals surface area contributed by atoms with E-state index in [1.54, 1.807) is 11.8 Å². The summed E-state index contributed by atoms with van der Waals surface area (Å²) in [5, 5.41) is 17.8. The summed E-state index contributed by atoms with van der Waals surface area (Å²) >= 11 is 4.47. The van der Waals surface area contributed by atoms with E-state index < -0.39 is 0 Å². The first-order valence-electron chi connectivity index (χ1n) is 8.51. The average molecular weight is 418 g/mol. The first-order valence-corrected chi connectivity index (χ1v) is 11.3. The van der Waals surface area contributed by atoms with Crippen molar-refractivity contribution in [2.45, 2.75) is 28.3 Å². The minimum Gasteiger partial charge on any atom is -0.343 e. The van der Waals surface area contributed by atoms with Gasteiger partial charge in [-0.2, -0.15) is 5.26 Å². The molecule has 0 aliphatic carbocycles. The third-order valence-corrected chi connectivity index (χ3v) is 7.27. The second kappa shape index (κ2) is 9.26. The normalized spacial score (nSPS) is 10.9. The maximum absolute atomic E-state index is 12.1. The molecule has 0 N–H and O–H groups in total. The van der Waals surface area contributed by atoms with Crippen molar-refractivity contribution >= 4 is 46.3 Å². The highest BCUT2D eigenvalue weighted by atomic mass is 32.2. The zero-order valence-corrected chi connectivity index (χ0v) is 17.5. The van der Waals surface area contributed by atoms with Gasteiger partial charge in [0.05, 0.1) is 16.8 Å². The molecule has 0 aromatic carbocycles. The molecule has 140 valence electrons. The molecule has 27 heavy (non-hydrogen) atoms. The maximum Gasteiger partial charge on any atom is 0.233 e. The van der Waals surface area contributed by atoms with Gasteiger partial charge in [0, 0.05) is 31.2 Å². The Hall–Kier alpha value is -2.02. The van der Waals surface area contributed by atoms with Crippen molar-refractivity contribution in [1.29, 1.82) is 5.26 Å². The molecule has 6 nitrogen and oxygen atoms in total. The highest BCUT2D eigenvalue weighted by Gasteiger charge is 2.14. The Bertz CT molecular complexity index is 971. The zero-order valence-electron chi connectivity index (χ0n) is 15.1. The predicted molar refractivity (Wildman–Crippen MR) is 110 cm³/mol. The second-order valence-electron chi connectivity index (χ2n) is 5.61. The van der Waals surface area contributed by atoms with Gasteiger partial charge in [0.25, 0.3) is 0 Å². The summed E-state index contributed by atoms with van der Waals surface area (Å²) in [7, 11) is 0. The molecule has 3 aromatic rings. The van der Waals surface area contributed by atoms with Crippen LogP contribution in [0.1, 0.15) is 25.0 Å².